The van der Waals surface area contributed by atoms with Gasteiger partial charge in [0.05, 0.1) is 18.1 Å². The van der Waals surface area contributed by atoms with Crippen molar-refractivity contribution in [2.45, 2.75) is 20.3 Å². The third kappa shape index (κ3) is 5.02. The van der Waals surface area contributed by atoms with E-state index in [9.17, 15) is 19.2 Å². The number of nitrogens with zero attached hydrogens (tertiary/aromatic N) is 2. The summed E-state index contributed by atoms with van der Waals surface area (Å²) in [6, 6.07) is 7.88. The number of anilines is 2. The second kappa shape index (κ2) is 9.21. The van der Waals surface area contributed by atoms with E-state index in [1.807, 2.05) is 0 Å². The Morgan fingerprint density at radius 3 is 2.60 bits per heavy atom. The van der Waals surface area contributed by atoms with Crippen molar-refractivity contribution >= 4 is 35.3 Å². The van der Waals surface area contributed by atoms with Crippen molar-refractivity contribution in [1.29, 1.82) is 0 Å². The summed E-state index contributed by atoms with van der Waals surface area (Å²) in [6.45, 7) is 3.29. The highest BCUT2D eigenvalue weighted by Crippen LogP contribution is 2.26. The van der Waals surface area contributed by atoms with Crippen molar-refractivity contribution in [3.63, 3.8) is 0 Å². The minimum atomic E-state index is -0.690. The van der Waals surface area contributed by atoms with Crippen LogP contribution in [0.5, 0.6) is 0 Å². The minimum Gasteiger partial charge on any atom is -0.462 e. The number of carbonyl (C=O) groups is 4. The van der Waals surface area contributed by atoms with Crippen LogP contribution in [-0.2, 0) is 23.9 Å². The maximum absolute atomic E-state index is 12.3. The largest absolute Gasteiger partial charge is 0.462 e. The molecule has 2 amide bonds. The van der Waals surface area contributed by atoms with Crippen molar-refractivity contribution in [3.8, 4) is 0 Å². The van der Waals surface area contributed by atoms with Gasteiger partial charge in [-0.2, -0.15) is 0 Å². The lowest BCUT2D eigenvalue weighted by atomic mass is 10.1. The van der Waals surface area contributed by atoms with E-state index in [0.29, 0.717) is 17.0 Å². The van der Waals surface area contributed by atoms with Gasteiger partial charge in [-0.1, -0.05) is 5.16 Å². The zero-order chi connectivity index (χ0) is 21.7. The van der Waals surface area contributed by atoms with E-state index in [1.165, 1.54) is 11.0 Å². The van der Waals surface area contributed by atoms with Crippen LogP contribution in [0.25, 0.3) is 0 Å². The van der Waals surface area contributed by atoms with Gasteiger partial charge in [0.25, 0.3) is 5.91 Å². The lowest BCUT2D eigenvalue weighted by Crippen LogP contribution is -2.28. The first-order valence-corrected chi connectivity index (χ1v) is 9.34. The Balaban J connectivity index is 1.52. The number of benzene rings is 1. The number of aryl methyl sites for hydroxylation is 1. The van der Waals surface area contributed by atoms with E-state index >= 15 is 0 Å². The third-order valence-corrected chi connectivity index (χ3v) is 4.39. The zero-order valence-electron chi connectivity index (χ0n) is 16.5. The molecule has 1 N–H and O–H groups in total. The molecule has 1 aromatic carbocycles. The topological polar surface area (TPSA) is 128 Å². The lowest BCUT2D eigenvalue weighted by Gasteiger charge is -2.16. The second-order valence-electron chi connectivity index (χ2n) is 6.65. The molecular weight excluding hydrogens is 394 g/mol. The Morgan fingerprint density at radius 2 is 1.97 bits per heavy atom. The van der Waals surface area contributed by atoms with Gasteiger partial charge in [0.15, 0.2) is 12.4 Å². The first-order valence-electron chi connectivity index (χ1n) is 9.34. The van der Waals surface area contributed by atoms with E-state index in [1.54, 1.807) is 38.1 Å². The number of carbonyl (C=O) groups excluding carboxylic acids is 4. The monoisotopic (exact) mass is 415 g/mol. The SMILES string of the molecule is CCOC(=O)c1ccc(N2C[C@@H](C(=O)OCC(=O)Nc3cc(C)on3)CC2=O)cc1. The van der Waals surface area contributed by atoms with E-state index in [4.69, 9.17) is 14.0 Å². The smallest absolute Gasteiger partial charge is 0.338 e. The number of hydrogen-bond donors (Lipinski definition) is 1. The van der Waals surface area contributed by atoms with Gasteiger partial charge in [0.2, 0.25) is 5.91 Å². The molecule has 0 aliphatic carbocycles. The standard InChI is InChI=1S/C20H21N3O7/c1-3-28-19(26)13-4-6-15(7-5-13)23-10-14(9-18(23)25)20(27)29-11-17(24)21-16-8-12(2)30-22-16/h4-8,14H,3,9-11H2,1-2H3,(H,21,22,24)/t14-/m0/s1. The molecule has 1 aliphatic heterocycles. The summed E-state index contributed by atoms with van der Waals surface area (Å²) in [5.41, 5.74) is 0.930. The molecule has 1 atom stereocenters. The molecule has 3 rings (SSSR count). The summed E-state index contributed by atoms with van der Waals surface area (Å²) in [7, 11) is 0. The number of nitrogens with one attached hydrogen (secondary N) is 1. The van der Waals surface area contributed by atoms with Crippen LogP contribution in [-0.4, -0.2) is 48.7 Å². The molecule has 10 nitrogen and oxygen atoms in total. The third-order valence-electron chi connectivity index (χ3n) is 4.39. The molecule has 2 heterocycles. The average molecular weight is 415 g/mol. The van der Waals surface area contributed by atoms with Crippen LogP contribution in [0.3, 0.4) is 0 Å². The fraction of sp³-hybridized carbons (Fsp3) is 0.350. The fourth-order valence-electron chi connectivity index (χ4n) is 2.97. The Labute approximate surface area is 172 Å². The average Bonchev–Trinajstić information content (AvgIpc) is 3.31. The quantitative estimate of drug-likeness (QED) is 0.677. The van der Waals surface area contributed by atoms with Gasteiger partial charge in [0.1, 0.15) is 5.76 Å². The van der Waals surface area contributed by atoms with Crippen molar-refractivity contribution in [2.24, 2.45) is 5.92 Å². The highest BCUT2D eigenvalue weighted by atomic mass is 16.5. The first kappa shape index (κ1) is 21.0. The Kier molecular flexibility index (Phi) is 6.45. The van der Waals surface area contributed by atoms with Gasteiger partial charge < -0.3 is 24.2 Å². The molecule has 2 aromatic rings. The number of rotatable bonds is 7. The van der Waals surface area contributed by atoms with Crippen LogP contribution in [0.2, 0.25) is 0 Å². The molecule has 0 unspecified atom stereocenters. The maximum Gasteiger partial charge on any atom is 0.338 e. The molecule has 1 aromatic heterocycles. The van der Waals surface area contributed by atoms with Crippen molar-refractivity contribution in [1.82, 2.24) is 5.16 Å². The van der Waals surface area contributed by atoms with Gasteiger partial charge in [0, 0.05) is 24.7 Å². The number of aromatic nitrogens is 1. The predicted molar refractivity (Wildman–Crippen MR) is 104 cm³/mol. The summed E-state index contributed by atoms with van der Waals surface area (Å²) in [4.78, 5) is 49.6. The maximum atomic E-state index is 12.3. The van der Waals surface area contributed by atoms with Crippen molar-refractivity contribution in [2.75, 3.05) is 30.0 Å². The number of hydrogen-bond acceptors (Lipinski definition) is 8. The normalized spacial score (nSPS) is 15.7. The van der Waals surface area contributed by atoms with Gasteiger partial charge in [-0.3, -0.25) is 14.4 Å². The van der Waals surface area contributed by atoms with Crippen LogP contribution in [0.15, 0.2) is 34.9 Å². The summed E-state index contributed by atoms with van der Waals surface area (Å²) >= 11 is 0. The first-order chi connectivity index (χ1) is 14.4. The van der Waals surface area contributed by atoms with E-state index < -0.39 is 30.4 Å². The van der Waals surface area contributed by atoms with Crippen molar-refractivity contribution < 1.29 is 33.2 Å². The summed E-state index contributed by atoms with van der Waals surface area (Å²) in [5, 5.41) is 6.05. The number of ether oxygens (including phenoxy) is 2. The highest BCUT2D eigenvalue weighted by molar-refractivity contribution is 6.00. The molecule has 1 saturated heterocycles. The van der Waals surface area contributed by atoms with Gasteiger partial charge in [-0.25, -0.2) is 4.79 Å². The summed E-state index contributed by atoms with van der Waals surface area (Å²) < 4.78 is 14.8. The van der Waals surface area contributed by atoms with Crippen LogP contribution in [0.4, 0.5) is 11.5 Å². The number of amides is 2. The van der Waals surface area contributed by atoms with Crippen LogP contribution in [0, 0.1) is 12.8 Å². The molecular formula is C20H21N3O7. The van der Waals surface area contributed by atoms with Gasteiger partial charge in [-0.05, 0) is 38.1 Å². The molecule has 0 spiro atoms. The van der Waals surface area contributed by atoms with E-state index in [-0.39, 0.29) is 31.3 Å². The Morgan fingerprint density at radius 1 is 1.23 bits per heavy atom. The van der Waals surface area contributed by atoms with Gasteiger partial charge in [-0.15, -0.1) is 0 Å². The van der Waals surface area contributed by atoms with Gasteiger partial charge >= 0.3 is 11.9 Å². The van der Waals surface area contributed by atoms with E-state index in [2.05, 4.69) is 10.5 Å². The number of esters is 2. The minimum absolute atomic E-state index is 0.0252. The highest BCUT2D eigenvalue weighted by Gasteiger charge is 2.36. The van der Waals surface area contributed by atoms with Crippen LogP contribution >= 0.6 is 0 Å². The molecule has 1 fully saturated rings. The fourth-order valence-corrected chi connectivity index (χ4v) is 2.97. The molecule has 158 valence electrons. The van der Waals surface area contributed by atoms with Crippen LogP contribution < -0.4 is 10.2 Å². The molecule has 1 aliphatic rings. The van der Waals surface area contributed by atoms with Crippen molar-refractivity contribution in [3.05, 3.63) is 41.7 Å². The second-order valence-corrected chi connectivity index (χ2v) is 6.65. The Bertz CT molecular complexity index is 952. The summed E-state index contributed by atoms with van der Waals surface area (Å²) in [5.74, 6) is -1.83. The molecule has 0 radical (unpaired) electrons. The lowest BCUT2D eigenvalue weighted by molar-refractivity contribution is -0.151. The molecule has 10 heteroatoms. The zero-order valence-corrected chi connectivity index (χ0v) is 16.5. The summed E-state index contributed by atoms with van der Waals surface area (Å²) in [6.07, 6.45) is -0.0252. The van der Waals surface area contributed by atoms with E-state index in [0.717, 1.165) is 0 Å². The van der Waals surface area contributed by atoms with Crippen LogP contribution in [0.1, 0.15) is 29.5 Å². The molecule has 0 saturated carbocycles. The predicted octanol–water partition coefficient (Wildman–Crippen LogP) is 1.69. The Hall–Kier alpha value is -3.69. The molecule has 30 heavy (non-hydrogen) atoms. The molecule has 0 bridgehead atoms.